The first-order chi connectivity index (χ1) is 11.2. The lowest BCUT2D eigenvalue weighted by atomic mass is 10.1. The second-order valence-corrected chi connectivity index (χ2v) is 5.70. The van der Waals surface area contributed by atoms with Crippen LogP contribution >= 0.6 is 0 Å². The monoisotopic (exact) mass is 316 g/mol. The van der Waals surface area contributed by atoms with Crippen molar-refractivity contribution in [1.82, 2.24) is 19.8 Å². The highest BCUT2D eigenvalue weighted by atomic mass is 16.3. The van der Waals surface area contributed by atoms with Gasteiger partial charge >= 0.3 is 0 Å². The highest BCUT2D eigenvalue weighted by Gasteiger charge is 2.34. The smallest absolute Gasteiger partial charge is 0.225 e. The Bertz CT molecular complexity index is 636. The Morgan fingerprint density at radius 2 is 2.39 bits per heavy atom. The summed E-state index contributed by atoms with van der Waals surface area (Å²) in [4.78, 5) is 29.8. The zero-order valence-corrected chi connectivity index (χ0v) is 12.9. The van der Waals surface area contributed by atoms with Crippen LogP contribution in [0.4, 0.5) is 0 Å². The van der Waals surface area contributed by atoms with E-state index in [1.54, 1.807) is 29.8 Å². The molecule has 2 amide bonds. The van der Waals surface area contributed by atoms with Crippen molar-refractivity contribution < 1.29 is 14.0 Å². The molecule has 1 fully saturated rings. The number of nitrogens with one attached hydrogen (secondary N) is 1. The Kier molecular flexibility index (Phi) is 4.75. The number of aromatic nitrogens is 2. The molecule has 23 heavy (non-hydrogen) atoms. The van der Waals surface area contributed by atoms with Crippen molar-refractivity contribution in [3.8, 4) is 0 Å². The normalized spacial score (nSPS) is 17.7. The molecule has 2 aromatic rings. The van der Waals surface area contributed by atoms with Crippen LogP contribution in [0.5, 0.6) is 0 Å². The van der Waals surface area contributed by atoms with E-state index in [0.717, 1.165) is 18.7 Å². The summed E-state index contributed by atoms with van der Waals surface area (Å²) >= 11 is 0. The van der Waals surface area contributed by atoms with E-state index in [4.69, 9.17) is 4.42 Å². The summed E-state index contributed by atoms with van der Waals surface area (Å²) < 4.78 is 7.22. The molecule has 0 radical (unpaired) electrons. The number of furan rings is 1. The summed E-state index contributed by atoms with van der Waals surface area (Å²) in [7, 11) is 0. The molecule has 0 saturated carbocycles. The third-order valence-corrected chi connectivity index (χ3v) is 3.96. The molecule has 7 nitrogen and oxygen atoms in total. The van der Waals surface area contributed by atoms with Crippen molar-refractivity contribution in [1.29, 1.82) is 0 Å². The second kappa shape index (κ2) is 7.13. The molecule has 0 spiro atoms. The van der Waals surface area contributed by atoms with Gasteiger partial charge < -0.3 is 19.2 Å². The Morgan fingerprint density at radius 1 is 1.48 bits per heavy atom. The van der Waals surface area contributed by atoms with E-state index in [-0.39, 0.29) is 24.2 Å². The molecule has 0 aliphatic carbocycles. The summed E-state index contributed by atoms with van der Waals surface area (Å²) in [5, 5.41) is 2.91. The molecule has 1 N–H and O–H groups in total. The molecule has 1 unspecified atom stereocenters. The van der Waals surface area contributed by atoms with Gasteiger partial charge in [-0.3, -0.25) is 9.59 Å². The zero-order chi connectivity index (χ0) is 16.1. The predicted octanol–water partition coefficient (Wildman–Crippen LogP) is 1.03. The van der Waals surface area contributed by atoms with Crippen LogP contribution in [0.2, 0.25) is 0 Å². The van der Waals surface area contributed by atoms with Gasteiger partial charge in [0.1, 0.15) is 5.76 Å². The van der Waals surface area contributed by atoms with Crippen molar-refractivity contribution >= 4 is 11.8 Å². The minimum atomic E-state index is -0.272. The number of carbonyl (C=O) groups excluding carboxylic acids is 2. The van der Waals surface area contributed by atoms with Gasteiger partial charge in [-0.05, 0) is 18.6 Å². The van der Waals surface area contributed by atoms with Crippen LogP contribution in [0.1, 0.15) is 18.6 Å². The standard InChI is InChI=1S/C16H20N4O3/c21-15-9-13(10-20(15)11-14-3-1-8-23-14)16(22)18-4-2-6-19-7-5-17-12-19/h1,3,5,7-8,12-13H,2,4,6,9-11H2,(H,18,22). The quantitative estimate of drug-likeness (QED) is 0.774. The van der Waals surface area contributed by atoms with Crippen LogP contribution in [0.3, 0.4) is 0 Å². The number of hydrogen-bond acceptors (Lipinski definition) is 4. The van der Waals surface area contributed by atoms with Crippen molar-refractivity contribution in [3.63, 3.8) is 0 Å². The third-order valence-electron chi connectivity index (χ3n) is 3.96. The summed E-state index contributed by atoms with van der Waals surface area (Å²) in [5.74, 6) is 0.413. The lowest BCUT2D eigenvalue weighted by molar-refractivity contribution is -0.129. The van der Waals surface area contributed by atoms with E-state index in [1.807, 2.05) is 16.8 Å². The molecule has 7 heteroatoms. The third kappa shape index (κ3) is 4.00. The van der Waals surface area contributed by atoms with Gasteiger partial charge in [0.05, 0.1) is 25.1 Å². The van der Waals surface area contributed by atoms with Crippen molar-refractivity contribution in [3.05, 3.63) is 42.9 Å². The highest BCUT2D eigenvalue weighted by Crippen LogP contribution is 2.20. The minimum Gasteiger partial charge on any atom is -0.467 e. The number of aryl methyl sites for hydroxylation is 1. The Labute approximate surface area is 134 Å². The van der Waals surface area contributed by atoms with Crippen LogP contribution < -0.4 is 5.32 Å². The van der Waals surface area contributed by atoms with Gasteiger partial charge in [-0.2, -0.15) is 0 Å². The Hall–Kier alpha value is -2.57. The fraction of sp³-hybridized carbons (Fsp3) is 0.438. The van der Waals surface area contributed by atoms with Crippen LogP contribution in [-0.2, 0) is 22.7 Å². The second-order valence-electron chi connectivity index (χ2n) is 5.70. The highest BCUT2D eigenvalue weighted by molar-refractivity contribution is 5.89. The number of amides is 2. The van der Waals surface area contributed by atoms with Crippen molar-refractivity contribution in [2.24, 2.45) is 5.92 Å². The van der Waals surface area contributed by atoms with E-state index >= 15 is 0 Å². The van der Waals surface area contributed by atoms with Gasteiger partial charge in [0.2, 0.25) is 11.8 Å². The molecular formula is C16H20N4O3. The van der Waals surface area contributed by atoms with Gasteiger partial charge in [-0.25, -0.2) is 4.98 Å². The number of nitrogens with zero attached hydrogens (tertiary/aromatic N) is 3. The van der Waals surface area contributed by atoms with E-state index in [1.165, 1.54) is 0 Å². The van der Waals surface area contributed by atoms with Gasteiger partial charge in [-0.15, -0.1) is 0 Å². The first kappa shape index (κ1) is 15.3. The van der Waals surface area contributed by atoms with Gasteiger partial charge in [-0.1, -0.05) is 0 Å². The Morgan fingerprint density at radius 3 is 3.13 bits per heavy atom. The minimum absolute atomic E-state index is 0.0000320. The first-order valence-corrected chi connectivity index (χ1v) is 7.76. The van der Waals surface area contributed by atoms with Gasteiger partial charge in [0.15, 0.2) is 0 Å². The molecule has 2 aromatic heterocycles. The van der Waals surface area contributed by atoms with E-state index in [9.17, 15) is 9.59 Å². The van der Waals surface area contributed by atoms with Crippen molar-refractivity contribution in [2.75, 3.05) is 13.1 Å². The first-order valence-electron chi connectivity index (χ1n) is 7.76. The molecule has 0 aromatic carbocycles. The number of hydrogen-bond donors (Lipinski definition) is 1. The molecule has 122 valence electrons. The zero-order valence-electron chi connectivity index (χ0n) is 12.9. The maximum absolute atomic E-state index is 12.2. The van der Waals surface area contributed by atoms with E-state index in [2.05, 4.69) is 10.3 Å². The lowest BCUT2D eigenvalue weighted by Gasteiger charge is -2.15. The number of likely N-dealkylation sites (tertiary alicyclic amines) is 1. The molecule has 0 bridgehead atoms. The van der Waals surface area contributed by atoms with Gasteiger partial charge in [0, 0.05) is 38.4 Å². The fourth-order valence-electron chi connectivity index (χ4n) is 2.73. The summed E-state index contributed by atoms with van der Waals surface area (Å²) in [5.41, 5.74) is 0. The molecule has 1 aliphatic rings. The number of rotatable bonds is 7. The molecular weight excluding hydrogens is 296 g/mol. The van der Waals surface area contributed by atoms with Crippen LogP contribution in [0, 0.1) is 5.92 Å². The summed E-state index contributed by atoms with van der Waals surface area (Å²) in [6.45, 7) is 2.29. The average molecular weight is 316 g/mol. The maximum atomic E-state index is 12.2. The van der Waals surface area contributed by atoms with E-state index in [0.29, 0.717) is 19.6 Å². The molecule has 3 rings (SSSR count). The summed E-state index contributed by atoms with van der Waals surface area (Å²) in [6.07, 6.45) is 8.07. The topological polar surface area (TPSA) is 80.4 Å². The SMILES string of the molecule is O=C(NCCCn1ccnc1)C1CC(=O)N(Cc2ccco2)C1. The van der Waals surface area contributed by atoms with Crippen LogP contribution in [0.15, 0.2) is 41.5 Å². The van der Waals surface area contributed by atoms with E-state index < -0.39 is 0 Å². The molecule has 1 atom stereocenters. The van der Waals surface area contributed by atoms with Crippen molar-refractivity contribution in [2.45, 2.75) is 25.9 Å². The maximum Gasteiger partial charge on any atom is 0.225 e. The Balaban J connectivity index is 1.40. The number of imidazole rings is 1. The number of carbonyl (C=O) groups is 2. The van der Waals surface area contributed by atoms with Crippen LogP contribution in [0.25, 0.3) is 0 Å². The summed E-state index contributed by atoms with van der Waals surface area (Å²) in [6, 6.07) is 3.62. The largest absolute Gasteiger partial charge is 0.467 e. The fourth-order valence-corrected chi connectivity index (χ4v) is 2.73. The molecule has 1 saturated heterocycles. The average Bonchev–Trinajstić information content (AvgIpc) is 3.27. The van der Waals surface area contributed by atoms with Crippen LogP contribution in [-0.4, -0.2) is 39.4 Å². The molecule has 3 heterocycles. The van der Waals surface area contributed by atoms with Gasteiger partial charge in [0.25, 0.3) is 0 Å². The lowest BCUT2D eigenvalue weighted by Crippen LogP contribution is -2.33. The predicted molar refractivity (Wildman–Crippen MR) is 82.1 cm³/mol. The molecule has 1 aliphatic heterocycles.